The third kappa shape index (κ3) is 4.44. The van der Waals surface area contributed by atoms with Gasteiger partial charge in [-0.1, -0.05) is 29.8 Å². The van der Waals surface area contributed by atoms with E-state index in [1.54, 1.807) is 30.3 Å². The van der Waals surface area contributed by atoms with E-state index in [1.165, 1.54) is 4.31 Å². The van der Waals surface area contributed by atoms with Crippen LogP contribution < -0.4 is 5.56 Å². The van der Waals surface area contributed by atoms with Gasteiger partial charge < -0.3 is 9.72 Å². The molecule has 1 aromatic heterocycles. The number of fused-ring (bicyclic) bond motifs is 1. The maximum Gasteiger partial charge on any atom is 0.252 e. The average Bonchev–Trinajstić information content (AvgIpc) is 3.25. The summed E-state index contributed by atoms with van der Waals surface area (Å²) in [6.07, 6.45) is 1.56. The van der Waals surface area contributed by atoms with Crippen LogP contribution in [0.15, 0.2) is 52.2 Å². The number of nitrogens with zero attached hydrogens (tertiary/aromatic N) is 1. The molecular weight excluding hydrogens is 412 g/mol. The van der Waals surface area contributed by atoms with Crippen molar-refractivity contribution < 1.29 is 13.2 Å². The van der Waals surface area contributed by atoms with E-state index in [9.17, 15) is 13.2 Å². The highest BCUT2D eigenvalue weighted by atomic mass is 32.2. The van der Waals surface area contributed by atoms with Crippen LogP contribution in [0.25, 0.3) is 10.9 Å². The highest BCUT2D eigenvalue weighted by Gasteiger charge is 2.30. The van der Waals surface area contributed by atoms with E-state index in [4.69, 9.17) is 4.74 Å². The van der Waals surface area contributed by atoms with Crippen LogP contribution in [-0.4, -0.2) is 37.0 Å². The highest BCUT2D eigenvalue weighted by molar-refractivity contribution is 7.89. The Kier molecular flexibility index (Phi) is 6.01. The number of H-pyrrole nitrogens is 1. The Bertz CT molecular complexity index is 1260. The summed E-state index contributed by atoms with van der Waals surface area (Å²) in [6.45, 7) is 6.74. The van der Waals surface area contributed by atoms with Gasteiger partial charge in [0.1, 0.15) is 0 Å². The molecule has 1 fully saturated rings. The molecule has 2 aromatic carbocycles. The lowest BCUT2D eigenvalue weighted by Gasteiger charge is -2.25. The van der Waals surface area contributed by atoms with Crippen LogP contribution >= 0.6 is 0 Å². The second-order valence-corrected chi connectivity index (χ2v) is 10.3. The van der Waals surface area contributed by atoms with Gasteiger partial charge in [0.25, 0.3) is 5.56 Å². The predicted octanol–water partition coefficient (Wildman–Crippen LogP) is 3.82. The Labute approximate surface area is 182 Å². The summed E-state index contributed by atoms with van der Waals surface area (Å²) >= 11 is 0. The summed E-state index contributed by atoms with van der Waals surface area (Å²) in [5.74, 6) is 0. The topological polar surface area (TPSA) is 79.5 Å². The summed E-state index contributed by atoms with van der Waals surface area (Å²) in [5, 5.41) is 0.891. The molecule has 1 N–H and O–H groups in total. The van der Waals surface area contributed by atoms with Crippen LogP contribution in [0.2, 0.25) is 0 Å². The van der Waals surface area contributed by atoms with Gasteiger partial charge in [0.05, 0.1) is 16.5 Å². The molecule has 0 amide bonds. The number of rotatable bonds is 6. The van der Waals surface area contributed by atoms with E-state index in [0.717, 1.165) is 40.4 Å². The zero-order valence-electron chi connectivity index (χ0n) is 18.1. The molecular formula is C24H28N2O4S. The first-order valence-corrected chi connectivity index (χ1v) is 12.0. The second kappa shape index (κ2) is 8.57. The van der Waals surface area contributed by atoms with Gasteiger partial charge in [0, 0.05) is 25.3 Å². The third-order valence-electron chi connectivity index (χ3n) is 6.06. The standard InChI is InChI=1S/C24H28N2O4S/c1-16-6-10-22(11-7-16)31(28,29)26(15-21-5-4-12-30-21)14-20-13-19-9-8-17(2)18(3)23(19)25-24(20)27/h6-11,13,21H,4-5,12,14-15H2,1-3H3,(H,25,27)/t21-/m0/s1. The molecule has 3 aromatic rings. The number of hydrogen-bond acceptors (Lipinski definition) is 4. The lowest BCUT2D eigenvalue weighted by Crippen LogP contribution is -2.38. The van der Waals surface area contributed by atoms with Gasteiger partial charge in [-0.05, 0) is 68.3 Å². The molecule has 6 nitrogen and oxygen atoms in total. The van der Waals surface area contributed by atoms with Gasteiger partial charge in [-0.15, -0.1) is 0 Å². The van der Waals surface area contributed by atoms with Crippen molar-refractivity contribution in [1.82, 2.24) is 9.29 Å². The Morgan fingerprint density at radius 2 is 1.84 bits per heavy atom. The normalized spacial score (nSPS) is 17.0. The van der Waals surface area contributed by atoms with Crippen molar-refractivity contribution in [2.75, 3.05) is 13.2 Å². The van der Waals surface area contributed by atoms with E-state index in [-0.39, 0.29) is 29.6 Å². The van der Waals surface area contributed by atoms with Crippen molar-refractivity contribution in [2.24, 2.45) is 0 Å². The zero-order chi connectivity index (χ0) is 22.2. The van der Waals surface area contributed by atoms with E-state index in [1.807, 2.05) is 32.9 Å². The molecule has 31 heavy (non-hydrogen) atoms. The summed E-state index contributed by atoms with van der Waals surface area (Å²) in [5.41, 5.74) is 4.05. The largest absolute Gasteiger partial charge is 0.377 e. The smallest absolute Gasteiger partial charge is 0.252 e. The summed E-state index contributed by atoms with van der Waals surface area (Å²) in [6, 6.07) is 12.6. The first kappa shape index (κ1) is 21.7. The predicted molar refractivity (Wildman–Crippen MR) is 122 cm³/mol. The molecule has 1 saturated heterocycles. The van der Waals surface area contributed by atoms with Crippen molar-refractivity contribution in [3.63, 3.8) is 0 Å². The second-order valence-electron chi connectivity index (χ2n) is 8.34. The van der Waals surface area contributed by atoms with Crippen molar-refractivity contribution in [3.8, 4) is 0 Å². The molecule has 0 bridgehead atoms. The van der Waals surface area contributed by atoms with Crippen molar-refractivity contribution >= 4 is 20.9 Å². The third-order valence-corrected chi connectivity index (χ3v) is 7.89. The Morgan fingerprint density at radius 3 is 2.52 bits per heavy atom. The van der Waals surface area contributed by atoms with E-state index in [2.05, 4.69) is 4.98 Å². The van der Waals surface area contributed by atoms with Gasteiger partial charge in [0.2, 0.25) is 10.0 Å². The molecule has 1 atom stereocenters. The fourth-order valence-electron chi connectivity index (χ4n) is 4.00. The first-order valence-electron chi connectivity index (χ1n) is 10.6. The van der Waals surface area contributed by atoms with Gasteiger partial charge in [-0.2, -0.15) is 4.31 Å². The van der Waals surface area contributed by atoms with E-state index in [0.29, 0.717) is 12.2 Å². The van der Waals surface area contributed by atoms with Crippen LogP contribution in [0, 0.1) is 20.8 Å². The minimum atomic E-state index is -3.79. The van der Waals surface area contributed by atoms with Crippen molar-refractivity contribution in [2.45, 2.75) is 51.2 Å². The molecule has 4 rings (SSSR count). The van der Waals surface area contributed by atoms with Crippen LogP contribution in [-0.2, 0) is 21.3 Å². The Hall–Kier alpha value is -2.48. The minimum absolute atomic E-state index is 0.00569. The number of aromatic nitrogens is 1. The van der Waals surface area contributed by atoms with Crippen molar-refractivity contribution in [1.29, 1.82) is 0 Å². The van der Waals surface area contributed by atoms with Gasteiger partial charge in [0.15, 0.2) is 0 Å². The summed E-state index contributed by atoms with van der Waals surface area (Å²) in [4.78, 5) is 16.0. The fraction of sp³-hybridized carbons (Fsp3) is 0.375. The number of pyridine rings is 1. The Balaban J connectivity index is 1.74. The molecule has 0 saturated carbocycles. The summed E-state index contributed by atoms with van der Waals surface area (Å²) in [7, 11) is -3.79. The van der Waals surface area contributed by atoms with Crippen molar-refractivity contribution in [3.05, 3.63) is 75.1 Å². The maximum atomic E-state index is 13.5. The fourth-order valence-corrected chi connectivity index (χ4v) is 5.45. The van der Waals surface area contributed by atoms with Crippen LogP contribution in [0.5, 0.6) is 0 Å². The monoisotopic (exact) mass is 440 g/mol. The molecule has 0 radical (unpaired) electrons. The van der Waals surface area contributed by atoms with Gasteiger partial charge in [-0.3, -0.25) is 4.79 Å². The molecule has 164 valence electrons. The summed E-state index contributed by atoms with van der Waals surface area (Å²) < 4.78 is 34.0. The van der Waals surface area contributed by atoms with Crippen LogP contribution in [0.4, 0.5) is 0 Å². The molecule has 0 unspecified atom stereocenters. The van der Waals surface area contributed by atoms with E-state index >= 15 is 0 Å². The number of nitrogens with one attached hydrogen (secondary N) is 1. The molecule has 2 heterocycles. The van der Waals surface area contributed by atoms with Crippen LogP contribution in [0.1, 0.15) is 35.1 Å². The highest BCUT2D eigenvalue weighted by Crippen LogP contribution is 2.24. The SMILES string of the molecule is Cc1ccc(S(=O)(=O)N(Cc2cc3ccc(C)c(C)c3[nH]c2=O)C[C@@H]2CCCO2)cc1. The first-order chi connectivity index (χ1) is 14.8. The molecule has 0 spiro atoms. The number of benzene rings is 2. The number of sulfonamides is 1. The molecule has 7 heteroatoms. The average molecular weight is 441 g/mol. The van der Waals surface area contributed by atoms with Gasteiger partial charge >= 0.3 is 0 Å². The maximum absolute atomic E-state index is 13.5. The number of aryl methyl sites for hydroxylation is 3. The lowest BCUT2D eigenvalue weighted by molar-refractivity contribution is 0.0925. The lowest BCUT2D eigenvalue weighted by atomic mass is 10.0. The van der Waals surface area contributed by atoms with Crippen LogP contribution in [0.3, 0.4) is 0 Å². The quantitative estimate of drug-likeness (QED) is 0.632. The molecule has 1 aliphatic rings. The molecule has 0 aliphatic carbocycles. The van der Waals surface area contributed by atoms with Gasteiger partial charge in [-0.25, -0.2) is 8.42 Å². The zero-order valence-corrected chi connectivity index (χ0v) is 19.0. The minimum Gasteiger partial charge on any atom is -0.377 e. The van der Waals surface area contributed by atoms with E-state index < -0.39 is 10.0 Å². The Morgan fingerprint density at radius 1 is 1.10 bits per heavy atom. The number of hydrogen-bond donors (Lipinski definition) is 1. The number of ether oxygens (including phenoxy) is 1. The molecule has 1 aliphatic heterocycles. The number of aromatic amines is 1.